The van der Waals surface area contributed by atoms with Crippen molar-refractivity contribution in [2.45, 2.75) is 6.92 Å². The van der Waals surface area contributed by atoms with Gasteiger partial charge in [-0.2, -0.15) is 0 Å². The molecular formula is C12H10O3S. The number of fused-ring (bicyclic) bond motifs is 1. The lowest BCUT2D eigenvalue weighted by molar-refractivity contribution is -0.135. The second-order valence-corrected chi connectivity index (χ2v) is 4.43. The lowest BCUT2D eigenvalue weighted by atomic mass is 10.1. The van der Waals surface area contributed by atoms with Crippen LogP contribution in [0.15, 0.2) is 24.3 Å². The minimum atomic E-state index is -0.811. The summed E-state index contributed by atoms with van der Waals surface area (Å²) in [6.07, 6.45) is 0. The highest BCUT2D eigenvalue weighted by atomic mass is 32.1. The monoisotopic (exact) mass is 234 g/mol. The van der Waals surface area contributed by atoms with Crippen molar-refractivity contribution >= 4 is 33.2 Å². The van der Waals surface area contributed by atoms with E-state index in [0.717, 1.165) is 15.6 Å². The van der Waals surface area contributed by atoms with E-state index in [2.05, 4.69) is 4.74 Å². The Morgan fingerprint density at radius 1 is 1.25 bits per heavy atom. The van der Waals surface area contributed by atoms with E-state index in [1.54, 1.807) is 0 Å². The van der Waals surface area contributed by atoms with E-state index in [1.807, 2.05) is 31.2 Å². The average Bonchev–Trinajstić information content (AvgIpc) is 2.65. The smallest absolute Gasteiger partial charge is 0.380 e. The van der Waals surface area contributed by atoms with Gasteiger partial charge in [0.1, 0.15) is 0 Å². The van der Waals surface area contributed by atoms with Crippen molar-refractivity contribution in [3.05, 3.63) is 34.7 Å². The minimum absolute atomic E-state index is 0.466. The van der Waals surface area contributed by atoms with Crippen molar-refractivity contribution < 1.29 is 14.3 Å². The molecule has 16 heavy (non-hydrogen) atoms. The van der Waals surface area contributed by atoms with Crippen LogP contribution in [-0.2, 0) is 9.53 Å². The summed E-state index contributed by atoms with van der Waals surface area (Å²) in [6.45, 7) is 1.84. The van der Waals surface area contributed by atoms with Crippen molar-refractivity contribution in [1.82, 2.24) is 0 Å². The number of thiophene rings is 1. The summed E-state index contributed by atoms with van der Waals surface area (Å²) >= 11 is 1.33. The maximum absolute atomic E-state index is 11.7. The number of carbonyl (C=O) groups is 2. The van der Waals surface area contributed by atoms with Gasteiger partial charge in [0, 0.05) is 4.70 Å². The third-order valence-electron chi connectivity index (χ3n) is 2.42. The molecule has 0 unspecified atom stereocenters. The van der Waals surface area contributed by atoms with E-state index >= 15 is 0 Å². The molecule has 0 aliphatic rings. The first-order valence-electron chi connectivity index (χ1n) is 4.76. The molecule has 1 aromatic carbocycles. The van der Waals surface area contributed by atoms with Crippen molar-refractivity contribution in [2.75, 3.05) is 7.11 Å². The maximum atomic E-state index is 11.7. The van der Waals surface area contributed by atoms with E-state index in [9.17, 15) is 9.59 Å². The highest BCUT2D eigenvalue weighted by molar-refractivity contribution is 7.21. The van der Waals surface area contributed by atoms with E-state index in [1.165, 1.54) is 18.4 Å². The molecule has 0 fully saturated rings. The Hall–Kier alpha value is -1.68. The van der Waals surface area contributed by atoms with Crippen LogP contribution in [-0.4, -0.2) is 18.9 Å². The summed E-state index contributed by atoms with van der Waals surface area (Å²) in [6, 6.07) is 7.69. The minimum Gasteiger partial charge on any atom is -0.463 e. The molecule has 0 N–H and O–H groups in total. The summed E-state index contributed by atoms with van der Waals surface area (Å²) < 4.78 is 5.44. The summed E-state index contributed by atoms with van der Waals surface area (Å²) in [4.78, 5) is 23.3. The summed E-state index contributed by atoms with van der Waals surface area (Å²) in [5.41, 5.74) is 0.844. The van der Waals surface area contributed by atoms with Gasteiger partial charge in [0.05, 0.1) is 12.0 Å². The quantitative estimate of drug-likeness (QED) is 0.455. The molecule has 4 heteroatoms. The van der Waals surface area contributed by atoms with Crippen LogP contribution in [0.3, 0.4) is 0 Å². The van der Waals surface area contributed by atoms with Crippen LogP contribution >= 0.6 is 11.3 Å². The van der Waals surface area contributed by atoms with Gasteiger partial charge in [-0.05, 0) is 23.9 Å². The van der Waals surface area contributed by atoms with Crippen molar-refractivity contribution in [2.24, 2.45) is 0 Å². The topological polar surface area (TPSA) is 43.4 Å². The largest absolute Gasteiger partial charge is 0.463 e. The number of esters is 1. The van der Waals surface area contributed by atoms with Crippen LogP contribution < -0.4 is 0 Å². The number of rotatable bonds is 2. The van der Waals surface area contributed by atoms with Gasteiger partial charge in [-0.15, -0.1) is 11.3 Å². The van der Waals surface area contributed by atoms with Gasteiger partial charge in [0.15, 0.2) is 0 Å². The molecule has 3 nitrogen and oxygen atoms in total. The van der Waals surface area contributed by atoms with Crippen molar-refractivity contribution in [3.63, 3.8) is 0 Å². The Labute approximate surface area is 96.6 Å². The molecule has 0 radical (unpaired) electrons. The molecule has 82 valence electrons. The Morgan fingerprint density at radius 2 is 1.94 bits per heavy atom. The van der Waals surface area contributed by atoms with Crippen LogP contribution in [0, 0.1) is 6.92 Å². The number of benzene rings is 1. The molecule has 0 aliphatic carbocycles. The van der Waals surface area contributed by atoms with Crippen LogP contribution in [0.1, 0.15) is 15.2 Å². The average molecular weight is 234 g/mol. The third-order valence-corrected chi connectivity index (χ3v) is 3.69. The lowest BCUT2D eigenvalue weighted by Crippen LogP contribution is -2.15. The predicted octanol–water partition coefficient (Wildman–Crippen LogP) is 2.57. The SMILES string of the molecule is COC(=O)C(=O)c1sc2ccccc2c1C. The van der Waals surface area contributed by atoms with Crippen molar-refractivity contribution in [3.8, 4) is 0 Å². The molecule has 0 saturated heterocycles. The van der Waals surface area contributed by atoms with Gasteiger partial charge in [0.25, 0.3) is 5.78 Å². The van der Waals surface area contributed by atoms with Crippen molar-refractivity contribution in [1.29, 1.82) is 0 Å². The molecule has 0 bridgehead atoms. The Balaban J connectivity index is 2.58. The van der Waals surface area contributed by atoms with Gasteiger partial charge < -0.3 is 4.74 Å². The number of hydrogen-bond acceptors (Lipinski definition) is 4. The first kappa shape index (κ1) is 10.8. The highest BCUT2D eigenvalue weighted by Crippen LogP contribution is 2.30. The molecule has 0 spiro atoms. The zero-order valence-electron chi connectivity index (χ0n) is 8.94. The second-order valence-electron chi connectivity index (χ2n) is 3.37. The maximum Gasteiger partial charge on any atom is 0.380 e. The van der Waals surface area contributed by atoms with Gasteiger partial charge >= 0.3 is 5.97 Å². The van der Waals surface area contributed by atoms with E-state index in [0.29, 0.717) is 4.88 Å². The number of Topliss-reactive ketones (excluding diaryl/α,β-unsaturated/α-hetero) is 1. The molecule has 2 rings (SSSR count). The fourth-order valence-corrected chi connectivity index (χ4v) is 2.71. The lowest BCUT2D eigenvalue weighted by Gasteiger charge is -1.96. The fraction of sp³-hybridized carbons (Fsp3) is 0.167. The molecule has 0 atom stereocenters. The summed E-state index contributed by atoms with van der Waals surface area (Å²) in [5.74, 6) is -1.38. The first-order chi connectivity index (χ1) is 7.65. The second kappa shape index (κ2) is 4.06. The van der Waals surface area contributed by atoms with E-state index in [-0.39, 0.29) is 0 Å². The fourth-order valence-electron chi connectivity index (χ4n) is 1.58. The normalized spacial score (nSPS) is 10.4. The zero-order chi connectivity index (χ0) is 11.7. The molecular weight excluding hydrogens is 224 g/mol. The first-order valence-corrected chi connectivity index (χ1v) is 5.57. The number of methoxy groups -OCH3 is 1. The molecule has 1 heterocycles. The van der Waals surface area contributed by atoms with Gasteiger partial charge in [-0.1, -0.05) is 18.2 Å². The third kappa shape index (κ3) is 1.61. The Morgan fingerprint density at radius 3 is 2.56 bits per heavy atom. The molecule has 0 aliphatic heterocycles. The zero-order valence-corrected chi connectivity index (χ0v) is 9.76. The van der Waals surface area contributed by atoms with Crippen LogP contribution in [0.2, 0.25) is 0 Å². The summed E-state index contributed by atoms with van der Waals surface area (Å²) in [5, 5.41) is 1.01. The highest BCUT2D eigenvalue weighted by Gasteiger charge is 2.22. The van der Waals surface area contributed by atoms with E-state index < -0.39 is 11.8 Å². The van der Waals surface area contributed by atoms with Gasteiger partial charge in [-0.3, -0.25) is 4.79 Å². The summed E-state index contributed by atoms with van der Waals surface area (Å²) in [7, 11) is 1.21. The van der Waals surface area contributed by atoms with E-state index in [4.69, 9.17) is 0 Å². The predicted molar refractivity (Wildman–Crippen MR) is 62.9 cm³/mol. The molecule has 0 amide bonds. The van der Waals surface area contributed by atoms with Crippen LogP contribution in [0.25, 0.3) is 10.1 Å². The van der Waals surface area contributed by atoms with Gasteiger partial charge in [-0.25, -0.2) is 4.79 Å². The Bertz CT molecular complexity index is 569. The number of hydrogen-bond donors (Lipinski definition) is 0. The number of ether oxygens (including phenoxy) is 1. The number of aryl methyl sites for hydroxylation is 1. The van der Waals surface area contributed by atoms with Crippen LogP contribution in [0.4, 0.5) is 0 Å². The molecule has 1 aromatic heterocycles. The molecule has 2 aromatic rings. The Kier molecular flexibility index (Phi) is 2.75. The van der Waals surface area contributed by atoms with Gasteiger partial charge in [0.2, 0.25) is 0 Å². The standard InChI is InChI=1S/C12H10O3S/c1-7-8-5-3-4-6-9(8)16-11(7)10(13)12(14)15-2/h3-6H,1-2H3. The molecule has 0 saturated carbocycles. The van der Waals surface area contributed by atoms with Crippen LogP contribution in [0.5, 0.6) is 0 Å². The number of ketones is 1. The number of carbonyl (C=O) groups excluding carboxylic acids is 2.